The molecule has 0 aliphatic heterocycles. The lowest BCUT2D eigenvalue weighted by atomic mass is 10.3. The minimum Gasteiger partial charge on any atom is -0.171 e. The van der Waals surface area contributed by atoms with Crippen LogP contribution in [0.25, 0.3) is 11.0 Å². The van der Waals surface area contributed by atoms with Crippen molar-refractivity contribution in [2.75, 3.05) is 0 Å². The minimum atomic E-state index is 0.847. The third-order valence-electron chi connectivity index (χ3n) is 1.52. The number of rotatable bonds is 0. The highest BCUT2D eigenvalue weighted by Crippen LogP contribution is 2.14. The van der Waals surface area contributed by atoms with Crippen LogP contribution in [0.5, 0.6) is 0 Å². The lowest BCUT2D eigenvalue weighted by Crippen LogP contribution is -1.91. The van der Waals surface area contributed by atoms with E-state index in [4.69, 9.17) is 0 Å². The van der Waals surface area contributed by atoms with Crippen LogP contribution in [-0.2, 0) is 0 Å². The molecular weight excluding hydrogens is 160 g/mol. The fourth-order valence-electron chi connectivity index (χ4n) is 0.908. The van der Waals surface area contributed by atoms with Crippen LogP contribution in [0.4, 0.5) is 0 Å². The summed E-state index contributed by atoms with van der Waals surface area (Å²) in [5.41, 5.74) is 3.45. The molecule has 0 amide bonds. The number of nitrogens with zero attached hydrogens (tertiary/aromatic N) is 4. The summed E-state index contributed by atoms with van der Waals surface area (Å²) in [7, 11) is 0. The molecule has 0 atom stereocenters. The topological polar surface area (TPSA) is 51.6 Å². The second kappa shape index (κ2) is 2.20. The van der Waals surface area contributed by atoms with Crippen LogP contribution in [0.15, 0.2) is 0 Å². The Morgan fingerprint density at radius 1 is 0.909 bits per heavy atom. The van der Waals surface area contributed by atoms with Gasteiger partial charge in [-0.15, -0.1) is 0 Å². The maximum absolute atomic E-state index is 4.11. The predicted octanol–water partition coefficient (Wildman–Crippen LogP) is 1.10. The molecule has 0 bridgehead atoms. The number of aromatic nitrogens is 4. The summed E-state index contributed by atoms with van der Waals surface area (Å²) in [5, 5.41) is 7.87. The van der Waals surface area contributed by atoms with E-state index in [-0.39, 0.29) is 0 Å². The van der Waals surface area contributed by atoms with Crippen molar-refractivity contribution in [3.8, 4) is 0 Å². The first-order valence-electron chi connectivity index (χ1n) is 3.21. The molecule has 4 nitrogen and oxygen atoms in total. The van der Waals surface area contributed by atoms with Crippen LogP contribution >= 0.6 is 11.7 Å². The van der Waals surface area contributed by atoms with E-state index < -0.39 is 0 Å². The summed E-state index contributed by atoms with van der Waals surface area (Å²) in [6, 6.07) is 0. The van der Waals surface area contributed by atoms with Gasteiger partial charge in [-0.1, -0.05) is 0 Å². The first-order chi connectivity index (χ1) is 5.29. The van der Waals surface area contributed by atoms with E-state index in [0.29, 0.717) is 0 Å². The zero-order valence-corrected chi connectivity index (χ0v) is 7.01. The quantitative estimate of drug-likeness (QED) is 0.588. The number of hydrogen-bond donors (Lipinski definition) is 0. The summed E-state index contributed by atoms with van der Waals surface area (Å²) in [4.78, 5) is 0. The van der Waals surface area contributed by atoms with Gasteiger partial charge in [-0.25, -0.2) is 0 Å². The van der Waals surface area contributed by atoms with Gasteiger partial charge in [0, 0.05) is 0 Å². The Bertz CT molecular complexity index is 358. The first kappa shape index (κ1) is 6.60. The summed E-state index contributed by atoms with van der Waals surface area (Å²) in [6.07, 6.45) is 0. The van der Waals surface area contributed by atoms with Crippen molar-refractivity contribution in [3.05, 3.63) is 11.4 Å². The molecule has 11 heavy (non-hydrogen) atoms. The lowest BCUT2D eigenvalue weighted by molar-refractivity contribution is 0.959. The summed E-state index contributed by atoms with van der Waals surface area (Å²) < 4.78 is 8.21. The van der Waals surface area contributed by atoms with Crippen LogP contribution in [0.2, 0.25) is 0 Å². The van der Waals surface area contributed by atoms with Gasteiger partial charge in [0.25, 0.3) is 0 Å². The van der Waals surface area contributed by atoms with Crippen molar-refractivity contribution in [1.82, 2.24) is 18.9 Å². The third-order valence-corrected chi connectivity index (χ3v) is 2.05. The molecule has 0 radical (unpaired) electrons. The van der Waals surface area contributed by atoms with Crippen molar-refractivity contribution in [2.45, 2.75) is 13.8 Å². The number of aryl methyl sites for hydroxylation is 2. The standard InChI is InChI=1S/C6H6N4S/c1-3-5-6(10-11-9-5)4(2)8-7-3/h1-2H3. The Balaban J connectivity index is 2.96. The van der Waals surface area contributed by atoms with E-state index in [1.165, 1.54) is 11.7 Å². The van der Waals surface area contributed by atoms with Crippen molar-refractivity contribution in [3.63, 3.8) is 0 Å². The monoisotopic (exact) mass is 166 g/mol. The van der Waals surface area contributed by atoms with E-state index in [1.807, 2.05) is 13.8 Å². The molecule has 0 unspecified atom stereocenters. The third kappa shape index (κ3) is 0.883. The van der Waals surface area contributed by atoms with E-state index in [1.54, 1.807) is 0 Å². The lowest BCUT2D eigenvalue weighted by Gasteiger charge is -1.92. The molecule has 0 N–H and O–H groups in total. The van der Waals surface area contributed by atoms with Gasteiger partial charge in [-0.2, -0.15) is 18.9 Å². The molecule has 0 saturated heterocycles. The van der Waals surface area contributed by atoms with E-state index in [0.717, 1.165) is 22.4 Å². The molecule has 5 heteroatoms. The molecule has 0 aliphatic carbocycles. The zero-order valence-electron chi connectivity index (χ0n) is 6.20. The van der Waals surface area contributed by atoms with Gasteiger partial charge >= 0.3 is 0 Å². The van der Waals surface area contributed by atoms with Crippen LogP contribution in [0.1, 0.15) is 11.4 Å². The Morgan fingerprint density at radius 2 is 1.36 bits per heavy atom. The second-order valence-corrected chi connectivity index (χ2v) is 2.86. The van der Waals surface area contributed by atoms with Gasteiger partial charge in [0.15, 0.2) is 0 Å². The average molecular weight is 166 g/mol. The minimum absolute atomic E-state index is 0.847. The average Bonchev–Trinajstić information content (AvgIpc) is 2.45. The molecule has 0 fully saturated rings. The SMILES string of the molecule is Cc1nnc(C)c2nsnc12. The van der Waals surface area contributed by atoms with Gasteiger partial charge in [-0.05, 0) is 13.8 Å². The molecule has 2 heterocycles. The fraction of sp³-hybridized carbons (Fsp3) is 0.333. The molecule has 0 aliphatic rings. The van der Waals surface area contributed by atoms with Crippen molar-refractivity contribution in [1.29, 1.82) is 0 Å². The van der Waals surface area contributed by atoms with Crippen molar-refractivity contribution < 1.29 is 0 Å². The maximum Gasteiger partial charge on any atom is 0.129 e. The fourth-order valence-corrected chi connectivity index (χ4v) is 1.55. The summed E-state index contributed by atoms with van der Waals surface area (Å²) >= 11 is 1.20. The van der Waals surface area contributed by atoms with E-state index >= 15 is 0 Å². The van der Waals surface area contributed by atoms with Crippen LogP contribution in [0.3, 0.4) is 0 Å². The second-order valence-electron chi connectivity index (χ2n) is 2.33. The Kier molecular flexibility index (Phi) is 1.32. The molecule has 2 aromatic rings. The number of hydrogen-bond acceptors (Lipinski definition) is 5. The van der Waals surface area contributed by atoms with Crippen LogP contribution in [0, 0.1) is 13.8 Å². The Labute approximate surface area is 67.6 Å². The summed E-state index contributed by atoms with van der Waals surface area (Å²) in [6.45, 7) is 3.77. The Hall–Kier alpha value is -1.10. The molecule has 2 rings (SSSR count). The van der Waals surface area contributed by atoms with Crippen LogP contribution < -0.4 is 0 Å². The van der Waals surface area contributed by atoms with Crippen molar-refractivity contribution >= 4 is 22.8 Å². The highest BCUT2D eigenvalue weighted by molar-refractivity contribution is 7.00. The molecule has 2 aromatic heterocycles. The molecule has 0 aromatic carbocycles. The van der Waals surface area contributed by atoms with Crippen molar-refractivity contribution in [2.24, 2.45) is 0 Å². The molecule has 0 saturated carbocycles. The molecule has 56 valence electrons. The zero-order chi connectivity index (χ0) is 7.84. The highest BCUT2D eigenvalue weighted by atomic mass is 32.1. The largest absolute Gasteiger partial charge is 0.171 e. The number of fused-ring (bicyclic) bond motifs is 1. The summed E-state index contributed by atoms with van der Waals surface area (Å²) in [5.74, 6) is 0. The normalized spacial score (nSPS) is 10.7. The van der Waals surface area contributed by atoms with Gasteiger partial charge in [0.05, 0.1) is 23.1 Å². The van der Waals surface area contributed by atoms with Gasteiger partial charge in [0.1, 0.15) is 11.0 Å². The van der Waals surface area contributed by atoms with Gasteiger partial charge in [0.2, 0.25) is 0 Å². The van der Waals surface area contributed by atoms with Gasteiger partial charge in [-0.3, -0.25) is 0 Å². The highest BCUT2D eigenvalue weighted by Gasteiger charge is 2.05. The maximum atomic E-state index is 4.11. The van der Waals surface area contributed by atoms with Crippen LogP contribution in [-0.4, -0.2) is 18.9 Å². The molecular formula is C6H6N4S. The Morgan fingerprint density at radius 3 is 1.82 bits per heavy atom. The van der Waals surface area contributed by atoms with E-state index in [2.05, 4.69) is 18.9 Å². The van der Waals surface area contributed by atoms with E-state index in [9.17, 15) is 0 Å². The molecule has 0 spiro atoms. The first-order valence-corrected chi connectivity index (χ1v) is 3.94. The predicted molar refractivity (Wildman–Crippen MR) is 42.5 cm³/mol. The smallest absolute Gasteiger partial charge is 0.129 e. The van der Waals surface area contributed by atoms with Gasteiger partial charge < -0.3 is 0 Å².